The standard InChI is InChI=1S/C21H20ClN5O3/c1-11-3-2-6-26(11)7-8-27-20(29)12-9-15-16(10-13(12)21(27)30)25-18(24-15)17-14(22)4-5-23-19(17)28/h4-5,9-11H,2-3,6-8H2,1H3,(H,23,28)(H,24,25)/t11-/m1/s1. The first-order valence-corrected chi connectivity index (χ1v) is 10.3. The lowest BCUT2D eigenvalue weighted by molar-refractivity contribution is 0.0634. The molecule has 2 aromatic heterocycles. The zero-order valence-corrected chi connectivity index (χ0v) is 17.1. The second-order valence-electron chi connectivity index (χ2n) is 7.82. The highest BCUT2D eigenvalue weighted by Crippen LogP contribution is 2.30. The summed E-state index contributed by atoms with van der Waals surface area (Å²) >= 11 is 6.16. The van der Waals surface area contributed by atoms with Gasteiger partial charge in [0.2, 0.25) is 0 Å². The van der Waals surface area contributed by atoms with Gasteiger partial charge in [-0.1, -0.05) is 11.6 Å². The molecule has 3 aromatic rings. The van der Waals surface area contributed by atoms with Crippen LogP contribution in [0, 0.1) is 0 Å². The van der Waals surface area contributed by atoms with Crippen LogP contribution in [0.2, 0.25) is 5.02 Å². The van der Waals surface area contributed by atoms with Crippen LogP contribution in [0.5, 0.6) is 0 Å². The van der Waals surface area contributed by atoms with Crippen LogP contribution < -0.4 is 5.56 Å². The fourth-order valence-electron chi connectivity index (χ4n) is 4.34. The Kier molecular flexibility index (Phi) is 4.48. The molecule has 0 radical (unpaired) electrons. The number of hydrogen-bond donors (Lipinski definition) is 2. The fraction of sp³-hybridized carbons (Fsp3) is 0.333. The minimum atomic E-state index is -0.372. The largest absolute Gasteiger partial charge is 0.338 e. The van der Waals surface area contributed by atoms with Gasteiger partial charge in [-0.15, -0.1) is 0 Å². The highest BCUT2D eigenvalue weighted by atomic mass is 35.5. The number of fused-ring (bicyclic) bond motifs is 2. The molecule has 4 heterocycles. The van der Waals surface area contributed by atoms with Gasteiger partial charge in [-0.05, 0) is 44.5 Å². The second-order valence-corrected chi connectivity index (χ2v) is 8.23. The van der Waals surface area contributed by atoms with Crippen LogP contribution >= 0.6 is 11.6 Å². The van der Waals surface area contributed by atoms with Crippen molar-refractivity contribution in [1.82, 2.24) is 24.8 Å². The lowest BCUT2D eigenvalue weighted by Gasteiger charge is -2.23. The first kappa shape index (κ1) is 19.0. The molecular formula is C21H20ClN5O3. The predicted molar refractivity (Wildman–Crippen MR) is 113 cm³/mol. The molecule has 5 rings (SSSR count). The van der Waals surface area contributed by atoms with Crippen LogP contribution in [0.15, 0.2) is 29.2 Å². The molecule has 30 heavy (non-hydrogen) atoms. The summed E-state index contributed by atoms with van der Waals surface area (Å²) in [6.07, 6.45) is 3.76. The number of aromatic nitrogens is 3. The van der Waals surface area contributed by atoms with Crippen LogP contribution in [-0.2, 0) is 0 Å². The number of H-pyrrole nitrogens is 2. The molecule has 8 nitrogen and oxygen atoms in total. The van der Waals surface area contributed by atoms with Crippen molar-refractivity contribution in [3.05, 3.63) is 50.9 Å². The molecule has 1 fully saturated rings. The molecule has 2 aliphatic rings. The minimum Gasteiger partial charge on any atom is -0.338 e. The number of nitrogens with one attached hydrogen (secondary N) is 2. The lowest BCUT2D eigenvalue weighted by Crippen LogP contribution is -2.39. The van der Waals surface area contributed by atoms with Crippen molar-refractivity contribution in [3.8, 4) is 11.4 Å². The van der Waals surface area contributed by atoms with Gasteiger partial charge in [-0.3, -0.25) is 24.2 Å². The molecule has 9 heteroatoms. The third-order valence-electron chi connectivity index (χ3n) is 6.02. The molecule has 1 atom stereocenters. The highest BCUT2D eigenvalue weighted by Gasteiger charge is 2.36. The van der Waals surface area contributed by atoms with E-state index in [4.69, 9.17) is 11.6 Å². The molecular weight excluding hydrogens is 406 g/mol. The maximum atomic E-state index is 12.9. The second kappa shape index (κ2) is 7.07. The van der Waals surface area contributed by atoms with E-state index in [2.05, 4.69) is 26.8 Å². The molecule has 154 valence electrons. The topological polar surface area (TPSA) is 102 Å². The number of likely N-dealkylation sites (tertiary alicyclic amines) is 1. The van der Waals surface area contributed by atoms with Crippen molar-refractivity contribution in [1.29, 1.82) is 0 Å². The lowest BCUT2D eigenvalue weighted by atomic mass is 10.1. The van der Waals surface area contributed by atoms with Crippen molar-refractivity contribution < 1.29 is 9.59 Å². The normalized spacial score (nSPS) is 19.3. The minimum absolute atomic E-state index is 0.217. The Labute approximate surface area is 176 Å². The SMILES string of the molecule is C[C@@H]1CCCN1CCN1C(=O)c2cc3nc(-c4c(Cl)cc[nH]c4=O)[nH]c3cc2C1=O. The third kappa shape index (κ3) is 2.95. The number of benzene rings is 1. The van der Waals surface area contributed by atoms with Crippen molar-refractivity contribution in [2.75, 3.05) is 19.6 Å². The van der Waals surface area contributed by atoms with E-state index in [-0.39, 0.29) is 28.0 Å². The van der Waals surface area contributed by atoms with Crippen LogP contribution in [0.1, 0.15) is 40.5 Å². The van der Waals surface area contributed by atoms with Gasteiger partial charge < -0.3 is 9.97 Å². The maximum absolute atomic E-state index is 12.9. The number of carbonyl (C=O) groups excluding carboxylic acids is 2. The summed E-state index contributed by atoms with van der Waals surface area (Å²) in [4.78, 5) is 51.6. The smallest absolute Gasteiger partial charge is 0.261 e. The number of amides is 2. The molecule has 0 unspecified atom stereocenters. The van der Waals surface area contributed by atoms with Gasteiger partial charge in [0.05, 0.1) is 27.2 Å². The third-order valence-corrected chi connectivity index (χ3v) is 6.34. The number of rotatable bonds is 4. The number of aromatic amines is 2. The van der Waals surface area contributed by atoms with Crippen molar-refractivity contribution in [3.63, 3.8) is 0 Å². The van der Waals surface area contributed by atoms with Gasteiger partial charge in [0.25, 0.3) is 17.4 Å². The number of imide groups is 1. The van der Waals surface area contributed by atoms with E-state index >= 15 is 0 Å². The van der Waals surface area contributed by atoms with E-state index < -0.39 is 0 Å². The number of carbonyl (C=O) groups is 2. The summed E-state index contributed by atoms with van der Waals surface area (Å²) in [5, 5.41) is 0.264. The monoisotopic (exact) mass is 425 g/mol. The molecule has 2 aliphatic heterocycles. The molecule has 0 saturated carbocycles. The van der Waals surface area contributed by atoms with Crippen molar-refractivity contribution in [2.24, 2.45) is 0 Å². The van der Waals surface area contributed by atoms with E-state index in [1.165, 1.54) is 11.1 Å². The maximum Gasteiger partial charge on any atom is 0.261 e. The van der Waals surface area contributed by atoms with Crippen LogP contribution in [0.25, 0.3) is 22.4 Å². The highest BCUT2D eigenvalue weighted by molar-refractivity contribution is 6.33. The first-order valence-electron chi connectivity index (χ1n) is 9.95. The van der Waals surface area contributed by atoms with E-state index in [1.807, 2.05) is 0 Å². The summed E-state index contributed by atoms with van der Waals surface area (Å²) in [6.45, 7) is 4.23. The predicted octanol–water partition coefficient (Wildman–Crippen LogP) is 2.65. The van der Waals surface area contributed by atoms with Gasteiger partial charge in [0.1, 0.15) is 11.4 Å². The molecule has 1 saturated heterocycles. The Balaban J connectivity index is 1.46. The molecule has 0 spiro atoms. The first-order chi connectivity index (χ1) is 14.4. The summed E-state index contributed by atoms with van der Waals surface area (Å²) in [6, 6.07) is 5.28. The Morgan fingerprint density at radius 1 is 1.17 bits per heavy atom. The number of imidazole rings is 1. The van der Waals surface area contributed by atoms with Crippen molar-refractivity contribution >= 4 is 34.4 Å². The number of nitrogens with zero attached hydrogens (tertiary/aromatic N) is 3. The van der Waals surface area contributed by atoms with E-state index in [9.17, 15) is 14.4 Å². The van der Waals surface area contributed by atoms with Crippen LogP contribution in [-0.4, -0.2) is 62.2 Å². The Morgan fingerprint density at radius 3 is 2.63 bits per heavy atom. The van der Waals surface area contributed by atoms with Crippen molar-refractivity contribution in [2.45, 2.75) is 25.8 Å². The average molecular weight is 426 g/mol. The molecule has 0 aliphatic carbocycles. The fourth-order valence-corrected chi connectivity index (χ4v) is 4.58. The van der Waals surface area contributed by atoms with Gasteiger partial charge in [0.15, 0.2) is 0 Å². The summed E-state index contributed by atoms with van der Waals surface area (Å²) in [5.74, 6) is -0.306. The van der Waals surface area contributed by atoms with Crippen LogP contribution in [0.4, 0.5) is 0 Å². The molecule has 1 aromatic carbocycles. The summed E-state index contributed by atoms with van der Waals surface area (Å²) in [7, 11) is 0. The zero-order valence-electron chi connectivity index (χ0n) is 16.4. The van der Waals surface area contributed by atoms with E-state index in [0.29, 0.717) is 47.1 Å². The number of halogens is 1. The molecule has 2 amide bonds. The van der Waals surface area contributed by atoms with E-state index in [1.54, 1.807) is 18.2 Å². The Bertz CT molecular complexity index is 1190. The zero-order chi connectivity index (χ0) is 21.0. The molecule has 2 N–H and O–H groups in total. The van der Waals surface area contributed by atoms with Gasteiger partial charge >= 0.3 is 0 Å². The summed E-state index contributed by atoms with van der Waals surface area (Å²) in [5.41, 5.74) is 1.61. The number of pyridine rings is 1. The Hall–Kier alpha value is -2.97. The van der Waals surface area contributed by atoms with E-state index in [0.717, 1.165) is 19.4 Å². The quantitative estimate of drug-likeness (QED) is 0.625. The van der Waals surface area contributed by atoms with Crippen LogP contribution in [0.3, 0.4) is 0 Å². The Morgan fingerprint density at radius 2 is 1.93 bits per heavy atom. The summed E-state index contributed by atoms with van der Waals surface area (Å²) < 4.78 is 0. The average Bonchev–Trinajstić information content (AvgIpc) is 3.37. The van der Waals surface area contributed by atoms with Gasteiger partial charge in [-0.2, -0.15) is 0 Å². The number of hydrogen-bond acceptors (Lipinski definition) is 5. The van der Waals surface area contributed by atoms with Gasteiger partial charge in [0, 0.05) is 25.3 Å². The molecule has 0 bridgehead atoms. The van der Waals surface area contributed by atoms with Gasteiger partial charge in [-0.25, -0.2) is 4.98 Å².